The number of benzene rings is 1. The minimum atomic E-state index is -0.121. The highest BCUT2D eigenvalue weighted by Crippen LogP contribution is 2.27. The van der Waals surface area contributed by atoms with Gasteiger partial charge in [0.25, 0.3) is 0 Å². The van der Waals surface area contributed by atoms with Crippen LogP contribution in [-0.4, -0.2) is 37.2 Å². The van der Waals surface area contributed by atoms with E-state index < -0.39 is 0 Å². The first-order valence-electron chi connectivity index (χ1n) is 8.55. The molecule has 1 aliphatic rings. The van der Waals surface area contributed by atoms with Crippen molar-refractivity contribution in [3.8, 4) is 5.75 Å². The molecule has 1 unspecified atom stereocenters. The van der Waals surface area contributed by atoms with E-state index >= 15 is 0 Å². The summed E-state index contributed by atoms with van der Waals surface area (Å²) >= 11 is 1.64. The summed E-state index contributed by atoms with van der Waals surface area (Å²) in [5.74, 6) is 1.13. The number of amides is 2. The minimum Gasteiger partial charge on any atom is -0.491 e. The Hall–Kier alpha value is -2.05. The maximum absolute atomic E-state index is 12.7. The summed E-state index contributed by atoms with van der Waals surface area (Å²) in [5.41, 5.74) is 1.83. The van der Waals surface area contributed by atoms with Crippen LogP contribution < -0.4 is 10.1 Å². The van der Waals surface area contributed by atoms with E-state index in [0.717, 1.165) is 5.56 Å². The fourth-order valence-electron chi connectivity index (χ4n) is 2.64. The Balaban J connectivity index is 1.64. The summed E-state index contributed by atoms with van der Waals surface area (Å²) in [5, 5.41) is 7.08. The van der Waals surface area contributed by atoms with Gasteiger partial charge >= 0.3 is 6.03 Å². The molecule has 0 spiro atoms. The van der Waals surface area contributed by atoms with Crippen molar-refractivity contribution in [2.45, 2.75) is 20.0 Å². The van der Waals surface area contributed by atoms with Crippen LogP contribution >= 0.6 is 11.3 Å². The van der Waals surface area contributed by atoms with Crippen LogP contribution in [-0.2, 0) is 4.74 Å². The third-order valence-corrected chi connectivity index (χ3v) is 4.67. The summed E-state index contributed by atoms with van der Waals surface area (Å²) in [4.78, 5) is 14.5. The van der Waals surface area contributed by atoms with Crippen LogP contribution in [0.4, 0.5) is 10.5 Å². The average molecular weight is 360 g/mol. The first-order valence-corrected chi connectivity index (χ1v) is 9.49. The second-order valence-corrected chi connectivity index (χ2v) is 7.27. The fraction of sp³-hybridized carbons (Fsp3) is 0.421. The van der Waals surface area contributed by atoms with Gasteiger partial charge in [-0.3, -0.25) is 0 Å². The number of anilines is 1. The lowest BCUT2D eigenvalue weighted by Crippen LogP contribution is -2.44. The Kier molecular flexibility index (Phi) is 5.94. The normalized spacial score (nSPS) is 17.6. The number of nitrogens with zero attached hydrogens (tertiary/aromatic N) is 1. The molecular formula is C19H24N2O3S. The van der Waals surface area contributed by atoms with Gasteiger partial charge in [0.15, 0.2) is 0 Å². The van der Waals surface area contributed by atoms with Crippen LogP contribution in [0.15, 0.2) is 41.1 Å². The van der Waals surface area contributed by atoms with Crippen molar-refractivity contribution in [3.05, 3.63) is 46.7 Å². The topological polar surface area (TPSA) is 50.8 Å². The molecule has 25 heavy (non-hydrogen) atoms. The Morgan fingerprint density at radius 2 is 2.24 bits per heavy atom. The second-order valence-electron chi connectivity index (χ2n) is 6.49. The van der Waals surface area contributed by atoms with Crippen LogP contribution in [0.5, 0.6) is 5.75 Å². The maximum Gasteiger partial charge on any atom is 0.322 e. The predicted octanol–water partition coefficient (Wildman–Crippen LogP) is 4.39. The lowest BCUT2D eigenvalue weighted by atomic mass is 10.1. The monoisotopic (exact) mass is 360 g/mol. The van der Waals surface area contributed by atoms with Gasteiger partial charge in [-0.25, -0.2) is 4.79 Å². The molecule has 2 heterocycles. The smallest absolute Gasteiger partial charge is 0.322 e. The highest BCUT2D eigenvalue weighted by Gasteiger charge is 2.26. The van der Waals surface area contributed by atoms with Gasteiger partial charge in [0.2, 0.25) is 0 Å². The molecule has 3 rings (SSSR count). The molecule has 0 aliphatic carbocycles. The molecule has 2 aromatic rings. The molecule has 0 saturated carbocycles. The third-order valence-electron chi connectivity index (χ3n) is 3.97. The quantitative estimate of drug-likeness (QED) is 0.860. The maximum atomic E-state index is 12.7. The molecule has 1 N–H and O–H groups in total. The van der Waals surface area contributed by atoms with E-state index in [4.69, 9.17) is 9.47 Å². The number of thiophene rings is 1. The van der Waals surface area contributed by atoms with Crippen molar-refractivity contribution in [1.82, 2.24) is 4.90 Å². The van der Waals surface area contributed by atoms with Crippen molar-refractivity contribution < 1.29 is 14.3 Å². The SMILES string of the molecule is CC(C)COc1ccccc1NC(=O)N1CCOC(c2ccsc2)C1. The number of hydrogen-bond donors (Lipinski definition) is 1. The lowest BCUT2D eigenvalue weighted by molar-refractivity contribution is -0.0132. The standard InChI is InChI=1S/C19H24N2O3S/c1-14(2)12-24-17-6-4-3-5-16(17)20-19(22)21-8-9-23-18(11-21)15-7-10-25-13-15/h3-7,10,13-14,18H,8-9,11-12H2,1-2H3,(H,20,22). The number of nitrogens with one attached hydrogen (secondary N) is 1. The van der Waals surface area contributed by atoms with Gasteiger partial charge in [0, 0.05) is 6.54 Å². The number of carbonyl (C=O) groups excluding carboxylic acids is 1. The van der Waals surface area contributed by atoms with Crippen molar-refractivity contribution in [2.75, 3.05) is 31.6 Å². The summed E-state index contributed by atoms with van der Waals surface area (Å²) in [6, 6.07) is 9.48. The van der Waals surface area contributed by atoms with Gasteiger partial charge in [-0.05, 0) is 40.4 Å². The van der Waals surface area contributed by atoms with Crippen LogP contribution in [0.25, 0.3) is 0 Å². The lowest BCUT2D eigenvalue weighted by Gasteiger charge is -2.32. The first-order chi connectivity index (χ1) is 12.1. The molecule has 134 valence electrons. The van der Waals surface area contributed by atoms with Gasteiger partial charge in [-0.1, -0.05) is 26.0 Å². The summed E-state index contributed by atoms with van der Waals surface area (Å²) < 4.78 is 11.6. The number of ether oxygens (including phenoxy) is 2. The van der Waals surface area contributed by atoms with E-state index in [1.165, 1.54) is 0 Å². The summed E-state index contributed by atoms with van der Waals surface area (Å²) in [6.07, 6.45) is -0.0572. The zero-order valence-corrected chi connectivity index (χ0v) is 15.4. The molecule has 1 aromatic carbocycles. The molecule has 1 atom stereocenters. The second kappa shape index (κ2) is 8.36. The summed E-state index contributed by atoms with van der Waals surface area (Å²) in [7, 11) is 0. The molecule has 1 fully saturated rings. The van der Waals surface area contributed by atoms with Crippen molar-refractivity contribution in [1.29, 1.82) is 0 Å². The molecule has 1 saturated heterocycles. The number of para-hydroxylation sites is 2. The third kappa shape index (κ3) is 4.74. The van der Waals surface area contributed by atoms with Crippen LogP contribution in [0, 0.1) is 5.92 Å². The largest absolute Gasteiger partial charge is 0.491 e. The number of rotatable bonds is 5. The molecule has 0 bridgehead atoms. The molecular weight excluding hydrogens is 336 g/mol. The number of urea groups is 1. The Labute approximate surface area is 152 Å². The molecule has 1 aromatic heterocycles. The first kappa shape index (κ1) is 17.8. The van der Waals surface area contributed by atoms with Crippen molar-refractivity contribution >= 4 is 23.1 Å². The van der Waals surface area contributed by atoms with Gasteiger partial charge in [0.1, 0.15) is 11.9 Å². The Morgan fingerprint density at radius 1 is 1.40 bits per heavy atom. The van der Waals surface area contributed by atoms with E-state index in [1.807, 2.05) is 35.7 Å². The highest BCUT2D eigenvalue weighted by molar-refractivity contribution is 7.07. The van der Waals surface area contributed by atoms with E-state index in [9.17, 15) is 4.79 Å². The Bertz CT molecular complexity index is 688. The zero-order chi connectivity index (χ0) is 17.6. The molecule has 2 amide bonds. The van der Waals surface area contributed by atoms with Crippen molar-refractivity contribution in [2.24, 2.45) is 5.92 Å². The van der Waals surface area contributed by atoms with E-state index in [2.05, 4.69) is 24.5 Å². The minimum absolute atomic E-state index is 0.0572. The van der Waals surface area contributed by atoms with E-state index in [1.54, 1.807) is 16.2 Å². The van der Waals surface area contributed by atoms with E-state index in [0.29, 0.717) is 43.7 Å². The van der Waals surface area contributed by atoms with Crippen LogP contribution in [0.2, 0.25) is 0 Å². The molecule has 5 nitrogen and oxygen atoms in total. The fourth-order valence-corrected chi connectivity index (χ4v) is 3.34. The van der Waals surface area contributed by atoms with E-state index in [-0.39, 0.29) is 12.1 Å². The molecule has 6 heteroatoms. The van der Waals surface area contributed by atoms with Gasteiger partial charge in [-0.2, -0.15) is 11.3 Å². The van der Waals surface area contributed by atoms with Gasteiger partial charge in [-0.15, -0.1) is 0 Å². The van der Waals surface area contributed by atoms with Crippen LogP contribution in [0.3, 0.4) is 0 Å². The van der Waals surface area contributed by atoms with Gasteiger partial charge in [0.05, 0.1) is 25.4 Å². The van der Waals surface area contributed by atoms with Crippen LogP contribution in [0.1, 0.15) is 25.5 Å². The van der Waals surface area contributed by atoms with Gasteiger partial charge < -0.3 is 19.7 Å². The summed E-state index contributed by atoms with van der Waals surface area (Å²) in [6.45, 7) is 6.49. The molecule has 1 aliphatic heterocycles. The predicted molar refractivity (Wildman–Crippen MR) is 100 cm³/mol. The number of morpholine rings is 1. The Morgan fingerprint density at radius 3 is 3.00 bits per heavy atom. The number of carbonyl (C=O) groups is 1. The van der Waals surface area contributed by atoms with Crippen molar-refractivity contribution in [3.63, 3.8) is 0 Å². The molecule has 0 radical (unpaired) electrons. The number of hydrogen-bond acceptors (Lipinski definition) is 4. The highest BCUT2D eigenvalue weighted by atomic mass is 32.1. The average Bonchev–Trinajstić information content (AvgIpc) is 3.16. The zero-order valence-electron chi connectivity index (χ0n) is 14.6.